The van der Waals surface area contributed by atoms with Gasteiger partial charge in [0.2, 0.25) is 5.91 Å². The van der Waals surface area contributed by atoms with E-state index in [4.69, 9.17) is 16.3 Å². The summed E-state index contributed by atoms with van der Waals surface area (Å²) in [5.74, 6) is -0.752. The zero-order chi connectivity index (χ0) is 18.8. The topological polar surface area (TPSA) is 92.8 Å². The molecular formula is C16H15ClN2O5S2. The molecular weight excluding hydrogens is 400 g/mol. The van der Waals surface area contributed by atoms with Gasteiger partial charge in [-0.1, -0.05) is 6.07 Å². The lowest BCUT2D eigenvalue weighted by molar-refractivity contribution is -0.147. The standard InChI is InChI=1S/C16H15ClN2O5S2/c1-8(20)24-6-9-7-26-16-12(15(23)19(16)13(9)14(17)22)18-11(21)5-10-3-2-4-25-10/h2-4,12,16H,5-7H2,1H3,(H,18,21)/t12-,16-/m1/s1. The highest BCUT2D eigenvalue weighted by Crippen LogP contribution is 2.41. The van der Waals surface area contributed by atoms with Gasteiger partial charge in [0.1, 0.15) is 23.7 Å². The maximum Gasteiger partial charge on any atom is 0.302 e. The van der Waals surface area contributed by atoms with E-state index in [-0.39, 0.29) is 24.6 Å². The van der Waals surface area contributed by atoms with E-state index < -0.39 is 28.5 Å². The molecule has 26 heavy (non-hydrogen) atoms. The lowest BCUT2D eigenvalue weighted by Crippen LogP contribution is -2.70. The smallest absolute Gasteiger partial charge is 0.302 e. The van der Waals surface area contributed by atoms with Crippen molar-refractivity contribution < 1.29 is 23.9 Å². The summed E-state index contributed by atoms with van der Waals surface area (Å²) in [6, 6.07) is 3.01. The minimum atomic E-state index is -0.783. The fraction of sp³-hybridized carbons (Fsp3) is 0.375. The molecule has 0 bridgehead atoms. The van der Waals surface area contributed by atoms with Gasteiger partial charge in [-0.15, -0.1) is 23.1 Å². The number of carbonyl (C=O) groups excluding carboxylic acids is 4. The van der Waals surface area contributed by atoms with Crippen LogP contribution in [-0.4, -0.2) is 51.7 Å². The largest absolute Gasteiger partial charge is 0.461 e. The quantitative estimate of drug-likeness (QED) is 0.428. The van der Waals surface area contributed by atoms with Gasteiger partial charge in [0.15, 0.2) is 0 Å². The highest BCUT2D eigenvalue weighted by atomic mass is 35.5. The van der Waals surface area contributed by atoms with E-state index in [0.29, 0.717) is 11.3 Å². The SMILES string of the molecule is CC(=O)OCC1=C(C(=O)Cl)N2C(=O)[C@@H](NC(=O)Cc3cccs3)[C@H]2SC1. The number of amides is 2. The maximum absolute atomic E-state index is 12.5. The summed E-state index contributed by atoms with van der Waals surface area (Å²) in [4.78, 5) is 49.6. The lowest BCUT2D eigenvalue weighted by atomic mass is 10.0. The Morgan fingerprint density at radius 2 is 2.19 bits per heavy atom. The van der Waals surface area contributed by atoms with Crippen molar-refractivity contribution in [2.75, 3.05) is 12.4 Å². The van der Waals surface area contributed by atoms with Crippen LogP contribution in [0.4, 0.5) is 0 Å². The van der Waals surface area contributed by atoms with Crippen molar-refractivity contribution in [2.24, 2.45) is 0 Å². The third-order valence-corrected chi connectivity index (χ3v) is 6.31. The third kappa shape index (κ3) is 3.79. The van der Waals surface area contributed by atoms with Gasteiger partial charge >= 0.3 is 5.97 Å². The fourth-order valence-corrected chi connectivity index (χ4v) is 5.01. The van der Waals surface area contributed by atoms with E-state index in [1.807, 2.05) is 17.5 Å². The van der Waals surface area contributed by atoms with Gasteiger partial charge in [-0.3, -0.25) is 24.1 Å². The number of fused-ring (bicyclic) bond motifs is 1. The van der Waals surface area contributed by atoms with Gasteiger partial charge < -0.3 is 10.1 Å². The number of carbonyl (C=O) groups is 4. The third-order valence-electron chi connectivity index (χ3n) is 3.91. The molecule has 1 N–H and O–H groups in total. The van der Waals surface area contributed by atoms with E-state index in [9.17, 15) is 19.2 Å². The Balaban J connectivity index is 1.69. The van der Waals surface area contributed by atoms with Crippen LogP contribution >= 0.6 is 34.7 Å². The number of esters is 1. The molecule has 2 amide bonds. The van der Waals surface area contributed by atoms with Crippen molar-refractivity contribution in [1.29, 1.82) is 0 Å². The first-order valence-electron chi connectivity index (χ1n) is 7.70. The van der Waals surface area contributed by atoms with Gasteiger partial charge in [-0.2, -0.15) is 0 Å². The summed E-state index contributed by atoms with van der Waals surface area (Å²) < 4.78 is 4.93. The fourth-order valence-electron chi connectivity index (χ4n) is 2.76. The van der Waals surface area contributed by atoms with E-state index in [1.54, 1.807) is 0 Å². The lowest BCUT2D eigenvalue weighted by Gasteiger charge is -2.49. The first-order valence-corrected chi connectivity index (χ1v) is 10.0. The first kappa shape index (κ1) is 18.9. The molecule has 0 aliphatic carbocycles. The van der Waals surface area contributed by atoms with Gasteiger partial charge in [0, 0.05) is 23.1 Å². The molecule has 2 aliphatic rings. The number of halogens is 1. The molecule has 3 heterocycles. The Morgan fingerprint density at radius 3 is 2.81 bits per heavy atom. The molecule has 7 nitrogen and oxygen atoms in total. The molecule has 1 saturated heterocycles. The number of thioether (sulfide) groups is 1. The van der Waals surface area contributed by atoms with Crippen molar-refractivity contribution in [3.63, 3.8) is 0 Å². The Morgan fingerprint density at radius 1 is 1.42 bits per heavy atom. The van der Waals surface area contributed by atoms with E-state index >= 15 is 0 Å². The average Bonchev–Trinajstić information content (AvgIpc) is 3.09. The Bertz CT molecular complexity index is 793. The molecule has 0 spiro atoms. The number of hydrogen-bond donors (Lipinski definition) is 1. The predicted octanol–water partition coefficient (Wildman–Crippen LogP) is 1.27. The molecule has 0 unspecified atom stereocenters. The van der Waals surface area contributed by atoms with E-state index in [2.05, 4.69) is 5.32 Å². The minimum absolute atomic E-state index is 0.0467. The highest BCUT2D eigenvalue weighted by molar-refractivity contribution is 8.00. The number of ether oxygens (including phenoxy) is 1. The maximum atomic E-state index is 12.5. The summed E-state index contributed by atoms with van der Waals surface area (Å²) in [5, 5.41) is 3.42. The van der Waals surface area contributed by atoms with Crippen LogP contribution in [0.3, 0.4) is 0 Å². The molecule has 1 fully saturated rings. The van der Waals surface area contributed by atoms with Gasteiger partial charge in [0.25, 0.3) is 11.1 Å². The normalized spacial score (nSPS) is 21.8. The van der Waals surface area contributed by atoms with E-state index in [1.165, 1.54) is 34.9 Å². The predicted molar refractivity (Wildman–Crippen MR) is 97.6 cm³/mol. The van der Waals surface area contributed by atoms with Crippen LogP contribution in [0.2, 0.25) is 0 Å². The Kier molecular flexibility index (Phi) is 5.69. The van der Waals surface area contributed by atoms with Crippen molar-refractivity contribution in [3.8, 4) is 0 Å². The number of nitrogens with zero attached hydrogens (tertiary/aromatic N) is 1. The van der Waals surface area contributed by atoms with Crippen LogP contribution < -0.4 is 5.32 Å². The molecule has 0 saturated carbocycles. The Hall–Kier alpha value is -1.84. The molecule has 2 atom stereocenters. The number of rotatable bonds is 6. The van der Waals surface area contributed by atoms with Gasteiger partial charge in [-0.05, 0) is 23.0 Å². The number of thiophene rings is 1. The van der Waals surface area contributed by atoms with Crippen LogP contribution in [0.15, 0.2) is 28.8 Å². The van der Waals surface area contributed by atoms with Crippen molar-refractivity contribution >= 4 is 57.7 Å². The molecule has 10 heteroatoms. The van der Waals surface area contributed by atoms with Gasteiger partial charge in [0.05, 0.1) is 6.42 Å². The zero-order valence-corrected chi connectivity index (χ0v) is 16.1. The van der Waals surface area contributed by atoms with Crippen LogP contribution in [0.5, 0.6) is 0 Å². The van der Waals surface area contributed by atoms with Crippen LogP contribution in [0, 0.1) is 0 Å². The second-order valence-electron chi connectivity index (χ2n) is 5.72. The summed E-state index contributed by atoms with van der Waals surface area (Å²) in [6.07, 6.45) is 0.202. The van der Waals surface area contributed by atoms with Crippen LogP contribution in [0.25, 0.3) is 0 Å². The molecule has 1 aromatic heterocycles. The average molecular weight is 415 g/mol. The molecule has 0 radical (unpaired) electrons. The summed E-state index contributed by atoms with van der Waals surface area (Å²) in [5.41, 5.74) is 0.531. The number of β-lactam (4-membered cyclic amide) rings is 1. The van der Waals surface area contributed by atoms with E-state index in [0.717, 1.165) is 4.88 Å². The zero-order valence-electron chi connectivity index (χ0n) is 13.7. The molecule has 138 valence electrons. The molecule has 2 aliphatic heterocycles. The molecule has 3 rings (SSSR count). The number of hydrogen-bond acceptors (Lipinski definition) is 7. The second kappa shape index (κ2) is 7.81. The summed E-state index contributed by atoms with van der Waals surface area (Å²) >= 11 is 8.50. The Labute approximate surface area is 162 Å². The first-order chi connectivity index (χ1) is 12.4. The number of nitrogens with one attached hydrogen (secondary N) is 1. The van der Waals surface area contributed by atoms with Crippen molar-refractivity contribution in [3.05, 3.63) is 33.7 Å². The monoisotopic (exact) mass is 414 g/mol. The highest BCUT2D eigenvalue weighted by Gasteiger charge is 2.53. The van der Waals surface area contributed by atoms with Crippen molar-refractivity contribution in [1.82, 2.24) is 10.2 Å². The van der Waals surface area contributed by atoms with Crippen LogP contribution in [0.1, 0.15) is 11.8 Å². The summed E-state index contributed by atoms with van der Waals surface area (Å²) in [7, 11) is 0. The molecule has 1 aromatic rings. The minimum Gasteiger partial charge on any atom is -0.461 e. The second-order valence-corrected chi connectivity index (χ2v) is 8.20. The van der Waals surface area contributed by atoms with Gasteiger partial charge in [-0.25, -0.2) is 0 Å². The van der Waals surface area contributed by atoms with Crippen molar-refractivity contribution in [2.45, 2.75) is 24.8 Å². The number of allylic oxidation sites excluding steroid dienone is 1. The van der Waals surface area contributed by atoms with Crippen LogP contribution in [-0.2, 0) is 30.3 Å². The molecule has 0 aromatic carbocycles. The summed E-state index contributed by atoms with van der Waals surface area (Å²) in [6.45, 7) is 1.16.